The van der Waals surface area contributed by atoms with Gasteiger partial charge in [0.1, 0.15) is 0 Å². The minimum atomic E-state index is -2.80. The SMILES string of the molecule is CCCCCC(O)/C=C/[C@@H]1[C@H]2CC[C@H](CCCC(=O)O)CO[C@H]2CC1(F)F. The Balaban J connectivity index is 1.91. The highest BCUT2D eigenvalue weighted by atomic mass is 19.3. The summed E-state index contributed by atoms with van der Waals surface area (Å²) in [7, 11) is 0. The van der Waals surface area contributed by atoms with E-state index in [1.165, 1.54) is 6.08 Å². The van der Waals surface area contributed by atoms with Crippen LogP contribution >= 0.6 is 0 Å². The molecule has 4 nitrogen and oxygen atoms in total. The van der Waals surface area contributed by atoms with Gasteiger partial charge >= 0.3 is 5.97 Å². The fourth-order valence-electron chi connectivity index (χ4n) is 4.42. The number of aliphatic hydroxyl groups excluding tert-OH is 1. The zero-order valence-corrected chi connectivity index (χ0v) is 16.3. The summed E-state index contributed by atoms with van der Waals surface area (Å²) in [6.45, 7) is 2.52. The number of hydrogen-bond donors (Lipinski definition) is 2. The minimum absolute atomic E-state index is 0.142. The van der Waals surface area contributed by atoms with Crippen molar-refractivity contribution in [3.05, 3.63) is 12.2 Å². The lowest BCUT2D eigenvalue weighted by atomic mass is 9.86. The lowest BCUT2D eigenvalue weighted by Gasteiger charge is -2.22. The molecule has 0 bridgehead atoms. The quantitative estimate of drug-likeness (QED) is 0.416. The van der Waals surface area contributed by atoms with Gasteiger partial charge in [0.2, 0.25) is 0 Å². The van der Waals surface area contributed by atoms with E-state index in [-0.39, 0.29) is 24.7 Å². The van der Waals surface area contributed by atoms with Crippen LogP contribution in [-0.4, -0.2) is 40.9 Å². The maximum atomic E-state index is 14.5. The highest BCUT2D eigenvalue weighted by molar-refractivity contribution is 5.66. The van der Waals surface area contributed by atoms with Crippen molar-refractivity contribution in [3.63, 3.8) is 0 Å². The van der Waals surface area contributed by atoms with E-state index in [4.69, 9.17) is 9.84 Å². The van der Waals surface area contributed by atoms with Crippen molar-refractivity contribution in [2.75, 3.05) is 6.61 Å². The number of carboxylic acid groups (broad SMARTS) is 1. The Morgan fingerprint density at radius 1 is 1.30 bits per heavy atom. The first-order valence-corrected chi connectivity index (χ1v) is 10.4. The number of ether oxygens (including phenoxy) is 1. The van der Waals surface area contributed by atoms with Crippen LogP contribution in [0.4, 0.5) is 8.78 Å². The van der Waals surface area contributed by atoms with Crippen molar-refractivity contribution >= 4 is 5.97 Å². The van der Waals surface area contributed by atoms with Crippen LogP contribution in [0.1, 0.15) is 71.1 Å². The van der Waals surface area contributed by atoms with Gasteiger partial charge in [-0.25, -0.2) is 8.78 Å². The van der Waals surface area contributed by atoms with Crippen molar-refractivity contribution in [3.8, 4) is 0 Å². The van der Waals surface area contributed by atoms with Crippen molar-refractivity contribution in [2.24, 2.45) is 17.8 Å². The van der Waals surface area contributed by atoms with Crippen molar-refractivity contribution in [1.82, 2.24) is 0 Å². The molecule has 0 aromatic heterocycles. The molecule has 1 saturated carbocycles. The highest BCUT2D eigenvalue weighted by Gasteiger charge is 2.55. The molecule has 1 unspecified atom stereocenters. The molecule has 2 N–H and O–H groups in total. The summed E-state index contributed by atoms with van der Waals surface area (Å²) in [5, 5.41) is 18.8. The van der Waals surface area contributed by atoms with Crippen LogP contribution in [0.5, 0.6) is 0 Å². The lowest BCUT2D eigenvalue weighted by molar-refractivity contribution is -0.137. The van der Waals surface area contributed by atoms with Gasteiger partial charge in [0.25, 0.3) is 5.92 Å². The maximum absolute atomic E-state index is 14.5. The van der Waals surface area contributed by atoms with E-state index in [0.717, 1.165) is 32.1 Å². The van der Waals surface area contributed by atoms with Gasteiger partial charge in [-0.2, -0.15) is 0 Å². The Hall–Kier alpha value is -1.01. The molecule has 0 aromatic carbocycles. The number of allylic oxidation sites excluding steroid dienone is 1. The van der Waals surface area contributed by atoms with Crippen LogP contribution in [0.2, 0.25) is 0 Å². The van der Waals surface area contributed by atoms with Gasteiger partial charge in [-0.3, -0.25) is 4.79 Å². The second-order valence-corrected chi connectivity index (χ2v) is 8.20. The average molecular weight is 388 g/mol. The third-order valence-corrected chi connectivity index (χ3v) is 6.00. The topological polar surface area (TPSA) is 66.8 Å². The molecular formula is C21H34F2O4. The monoisotopic (exact) mass is 388 g/mol. The fourth-order valence-corrected chi connectivity index (χ4v) is 4.42. The normalized spacial score (nSPS) is 31.6. The lowest BCUT2D eigenvalue weighted by Crippen LogP contribution is -2.25. The van der Waals surface area contributed by atoms with Gasteiger partial charge in [-0.1, -0.05) is 38.3 Å². The Morgan fingerprint density at radius 3 is 2.78 bits per heavy atom. The Bertz CT molecular complexity index is 495. The van der Waals surface area contributed by atoms with Gasteiger partial charge in [0.05, 0.1) is 12.2 Å². The van der Waals surface area contributed by atoms with Gasteiger partial charge < -0.3 is 14.9 Å². The Morgan fingerprint density at radius 2 is 2.07 bits per heavy atom. The number of carbonyl (C=O) groups is 1. The summed E-state index contributed by atoms with van der Waals surface area (Å²) in [5.41, 5.74) is 0. The van der Waals surface area contributed by atoms with E-state index in [2.05, 4.69) is 6.92 Å². The van der Waals surface area contributed by atoms with Crippen LogP contribution in [0.25, 0.3) is 0 Å². The molecule has 0 spiro atoms. The molecule has 2 aliphatic rings. The van der Waals surface area contributed by atoms with E-state index in [0.29, 0.717) is 25.9 Å². The van der Waals surface area contributed by atoms with Crippen molar-refractivity contribution in [2.45, 2.75) is 89.3 Å². The first-order chi connectivity index (χ1) is 12.8. The number of carboxylic acids is 1. The number of aliphatic hydroxyl groups is 1. The fraction of sp³-hybridized carbons (Fsp3) is 0.857. The van der Waals surface area contributed by atoms with Gasteiger partial charge in [-0.05, 0) is 43.9 Å². The molecular weight excluding hydrogens is 354 g/mol. The van der Waals surface area contributed by atoms with E-state index < -0.39 is 30.0 Å². The largest absolute Gasteiger partial charge is 0.481 e. The predicted molar refractivity (Wildman–Crippen MR) is 99.8 cm³/mol. The zero-order chi connectivity index (χ0) is 19.9. The highest BCUT2D eigenvalue weighted by Crippen LogP contribution is 2.50. The summed E-state index contributed by atoms with van der Waals surface area (Å²) in [6.07, 6.45) is 8.26. The molecule has 0 amide bonds. The predicted octanol–water partition coefficient (Wildman–Crippen LogP) is 4.81. The van der Waals surface area contributed by atoms with Crippen molar-refractivity contribution in [1.29, 1.82) is 0 Å². The summed E-state index contributed by atoms with van der Waals surface area (Å²) >= 11 is 0. The number of alkyl halides is 2. The maximum Gasteiger partial charge on any atom is 0.303 e. The van der Waals surface area contributed by atoms with Crippen LogP contribution in [-0.2, 0) is 9.53 Å². The van der Waals surface area contributed by atoms with Crippen LogP contribution < -0.4 is 0 Å². The van der Waals surface area contributed by atoms with E-state index in [9.17, 15) is 18.7 Å². The number of fused-ring (bicyclic) bond motifs is 1. The van der Waals surface area contributed by atoms with E-state index >= 15 is 0 Å². The molecule has 6 heteroatoms. The van der Waals surface area contributed by atoms with Crippen LogP contribution in [0, 0.1) is 17.8 Å². The number of unbranched alkanes of at least 4 members (excludes halogenated alkanes) is 2. The van der Waals surface area contributed by atoms with Crippen LogP contribution in [0.3, 0.4) is 0 Å². The molecule has 1 saturated heterocycles. The van der Waals surface area contributed by atoms with Gasteiger partial charge in [0.15, 0.2) is 0 Å². The number of halogens is 2. The molecule has 0 aromatic rings. The molecule has 0 radical (unpaired) electrons. The van der Waals surface area contributed by atoms with E-state index in [1.54, 1.807) is 6.08 Å². The molecule has 5 atom stereocenters. The van der Waals surface area contributed by atoms with Gasteiger partial charge in [-0.15, -0.1) is 0 Å². The molecule has 2 rings (SSSR count). The molecule has 2 fully saturated rings. The van der Waals surface area contributed by atoms with Crippen molar-refractivity contribution < 1.29 is 28.5 Å². The molecule has 1 aliphatic carbocycles. The molecule has 1 aliphatic heterocycles. The third kappa shape index (κ3) is 6.83. The second-order valence-electron chi connectivity index (χ2n) is 8.20. The summed E-state index contributed by atoms with van der Waals surface area (Å²) in [5.74, 6) is -4.48. The Kier molecular flexibility index (Phi) is 8.67. The van der Waals surface area contributed by atoms with Crippen LogP contribution in [0.15, 0.2) is 12.2 Å². The summed E-state index contributed by atoms with van der Waals surface area (Å²) in [4.78, 5) is 10.7. The first kappa shape index (κ1) is 22.3. The molecule has 156 valence electrons. The van der Waals surface area contributed by atoms with E-state index in [1.807, 2.05) is 0 Å². The second kappa shape index (κ2) is 10.5. The first-order valence-electron chi connectivity index (χ1n) is 10.4. The number of rotatable bonds is 10. The zero-order valence-electron chi connectivity index (χ0n) is 16.3. The standard InChI is InChI=1S/C21H34F2O4/c1-2-3-4-7-16(24)10-12-18-17-11-9-15(6-5-8-20(25)26)14-27-19(17)13-21(18,22)23/h10,12,15-19,24H,2-9,11,13-14H2,1H3,(H,25,26)/b12-10+/t15-,16?,17+,18+,19-/m0/s1. The summed E-state index contributed by atoms with van der Waals surface area (Å²) < 4.78 is 34.8. The molecule has 27 heavy (non-hydrogen) atoms. The molecule has 1 heterocycles. The minimum Gasteiger partial charge on any atom is -0.481 e. The third-order valence-electron chi connectivity index (χ3n) is 6.00. The smallest absolute Gasteiger partial charge is 0.303 e. The number of hydrogen-bond acceptors (Lipinski definition) is 3. The Labute approximate surface area is 161 Å². The summed E-state index contributed by atoms with van der Waals surface area (Å²) in [6, 6.07) is 0. The average Bonchev–Trinajstić information content (AvgIpc) is 2.71. The number of aliphatic carboxylic acids is 1. The van der Waals surface area contributed by atoms with Gasteiger partial charge in [0, 0.05) is 25.4 Å².